The Hall–Kier alpha value is -1.20. The standard InChI is InChI=1S/C13H14N2OS2/c16-13(11-3-6-17-9-11)15-5-1-2-10(8-15)12-14-4-7-18-12/h3-4,6-7,9-10H,1-2,5,8H2/t10-/m1/s1. The summed E-state index contributed by atoms with van der Waals surface area (Å²) in [6.45, 7) is 1.68. The highest BCUT2D eigenvalue weighted by Crippen LogP contribution is 2.29. The molecule has 0 radical (unpaired) electrons. The molecule has 0 unspecified atom stereocenters. The van der Waals surface area contributed by atoms with E-state index in [-0.39, 0.29) is 5.91 Å². The Morgan fingerprint density at radius 1 is 1.44 bits per heavy atom. The fourth-order valence-corrected chi connectivity index (χ4v) is 3.77. The molecule has 3 rings (SSSR count). The fraction of sp³-hybridized carbons (Fsp3) is 0.385. The maximum absolute atomic E-state index is 12.3. The first kappa shape index (κ1) is 11.9. The maximum Gasteiger partial charge on any atom is 0.254 e. The van der Waals surface area contributed by atoms with E-state index >= 15 is 0 Å². The number of hydrogen-bond acceptors (Lipinski definition) is 4. The van der Waals surface area contributed by atoms with Crippen LogP contribution in [0, 0.1) is 0 Å². The third-order valence-corrected chi connectivity index (χ3v) is 4.90. The fourth-order valence-electron chi connectivity index (χ4n) is 2.37. The third kappa shape index (κ3) is 2.33. The summed E-state index contributed by atoms with van der Waals surface area (Å²) in [6, 6.07) is 1.90. The molecule has 18 heavy (non-hydrogen) atoms. The summed E-state index contributed by atoms with van der Waals surface area (Å²) in [5.41, 5.74) is 0.819. The van der Waals surface area contributed by atoms with Crippen LogP contribution in [-0.2, 0) is 0 Å². The number of thiazole rings is 1. The van der Waals surface area contributed by atoms with E-state index in [1.165, 1.54) is 0 Å². The number of hydrogen-bond donors (Lipinski definition) is 0. The molecule has 5 heteroatoms. The van der Waals surface area contributed by atoms with E-state index in [9.17, 15) is 4.79 Å². The van der Waals surface area contributed by atoms with E-state index in [0.29, 0.717) is 5.92 Å². The number of aromatic nitrogens is 1. The molecule has 0 bridgehead atoms. The van der Waals surface area contributed by atoms with Crippen LogP contribution in [0.2, 0.25) is 0 Å². The molecule has 2 aromatic heterocycles. The van der Waals surface area contributed by atoms with Gasteiger partial charge in [-0.15, -0.1) is 11.3 Å². The lowest BCUT2D eigenvalue weighted by molar-refractivity contribution is 0.0707. The van der Waals surface area contributed by atoms with Gasteiger partial charge < -0.3 is 4.90 Å². The lowest BCUT2D eigenvalue weighted by atomic mass is 9.98. The predicted octanol–water partition coefficient (Wildman–Crippen LogP) is 3.22. The molecule has 0 spiro atoms. The smallest absolute Gasteiger partial charge is 0.254 e. The number of amides is 1. The lowest BCUT2D eigenvalue weighted by Gasteiger charge is -2.31. The molecule has 1 fully saturated rings. The van der Waals surface area contributed by atoms with E-state index < -0.39 is 0 Å². The van der Waals surface area contributed by atoms with Gasteiger partial charge in [0, 0.05) is 36.0 Å². The highest BCUT2D eigenvalue weighted by atomic mass is 32.1. The number of rotatable bonds is 2. The quantitative estimate of drug-likeness (QED) is 0.845. The van der Waals surface area contributed by atoms with Crippen LogP contribution in [0.3, 0.4) is 0 Å². The van der Waals surface area contributed by atoms with Gasteiger partial charge in [-0.05, 0) is 24.3 Å². The van der Waals surface area contributed by atoms with Crippen molar-refractivity contribution in [1.82, 2.24) is 9.88 Å². The highest BCUT2D eigenvalue weighted by molar-refractivity contribution is 7.09. The number of nitrogens with zero attached hydrogens (tertiary/aromatic N) is 2. The summed E-state index contributed by atoms with van der Waals surface area (Å²) in [5.74, 6) is 0.582. The SMILES string of the molecule is O=C(c1ccsc1)N1CCC[C@@H](c2nccs2)C1. The minimum atomic E-state index is 0.164. The Labute approximate surface area is 114 Å². The summed E-state index contributed by atoms with van der Waals surface area (Å²) < 4.78 is 0. The van der Waals surface area contributed by atoms with Crippen molar-refractivity contribution < 1.29 is 4.79 Å². The van der Waals surface area contributed by atoms with Crippen LogP contribution >= 0.6 is 22.7 Å². The van der Waals surface area contributed by atoms with Gasteiger partial charge in [0.2, 0.25) is 0 Å². The molecule has 1 saturated heterocycles. The number of likely N-dealkylation sites (tertiary alicyclic amines) is 1. The summed E-state index contributed by atoms with van der Waals surface area (Å²) in [6.07, 6.45) is 4.06. The Kier molecular flexibility index (Phi) is 3.43. The second kappa shape index (κ2) is 5.20. The van der Waals surface area contributed by atoms with Crippen LogP contribution in [0.4, 0.5) is 0 Å². The van der Waals surface area contributed by atoms with Crippen LogP contribution in [-0.4, -0.2) is 28.9 Å². The molecule has 2 aromatic rings. The van der Waals surface area contributed by atoms with E-state index in [1.807, 2.05) is 33.3 Å². The van der Waals surface area contributed by atoms with E-state index in [1.54, 1.807) is 22.7 Å². The normalized spacial score (nSPS) is 20.0. The van der Waals surface area contributed by atoms with Crippen LogP contribution in [0.5, 0.6) is 0 Å². The molecule has 94 valence electrons. The molecular weight excluding hydrogens is 264 g/mol. The second-order valence-corrected chi connectivity index (χ2v) is 6.18. The number of piperidine rings is 1. The van der Waals surface area contributed by atoms with Gasteiger partial charge in [0.05, 0.1) is 10.6 Å². The first-order chi connectivity index (χ1) is 8.84. The van der Waals surface area contributed by atoms with Gasteiger partial charge in [0.25, 0.3) is 5.91 Å². The van der Waals surface area contributed by atoms with E-state index in [4.69, 9.17) is 0 Å². The van der Waals surface area contributed by atoms with Crippen molar-refractivity contribution >= 4 is 28.6 Å². The molecule has 3 nitrogen and oxygen atoms in total. The van der Waals surface area contributed by atoms with Gasteiger partial charge >= 0.3 is 0 Å². The highest BCUT2D eigenvalue weighted by Gasteiger charge is 2.26. The number of carbonyl (C=O) groups is 1. The van der Waals surface area contributed by atoms with Crippen molar-refractivity contribution in [2.45, 2.75) is 18.8 Å². The Morgan fingerprint density at radius 3 is 3.11 bits per heavy atom. The average molecular weight is 278 g/mol. The molecule has 0 aliphatic carbocycles. The zero-order chi connectivity index (χ0) is 12.4. The molecule has 0 aromatic carbocycles. The van der Waals surface area contributed by atoms with Gasteiger partial charge in [-0.2, -0.15) is 11.3 Å². The molecule has 0 N–H and O–H groups in total. The summed E-state index contributed by atoms with van der Waals surface area (Å²) >= 11 is 3.27. The van der Waals surface area contributed by atoms with E-state index in [0.717, 1.165) is 36.5 Å². The summed E-state index contributed by atoms with van der Waals surface area (Å²) in [4.78, 5) is 18.6. The monoisotopic (exact) mass is 278 g/mol. The molecule has 1 atom stereocenters. The Morgan fingerprint density at radius 2 is 2.39 bits per heavy atom. The summed E-state index contributed by atoms with van der Waals surface area (Å²) in [5, 5.41) is 7.05. The molecule has 3 heterocycles. The maximum atomic E-state index is 12.3. The first-order valence-corrected chi connectivity index (χ1v) is 7.87. The minimum Gasteiger partial charge on any atom is -0.338 e. The van der Waals surface area contributed by atoms with Crippen LogP contribution < -0.4 is 0 Å². The molecular formula is C13H14N2OS2. The molecule has 1 aliphatic heterocycles. The zero-order valence-electron chi connectivity index (χ0n) is 9.91. The number of thiophene rings is 1. The predicted molar refractivity (Wildman–Crippen MR) is 74.3 cm³/mol. The van der Waals surface area contributed by atoms with Crippen LogP contribution in [0.15, 0.2) is 28.4 Å². The van der Waals surface area contributed by atoms with Crippen molar-refractivity contribution in [2.24, 2.45) is 0 Å². The van der Waals surface area contributed by atoms with Crippen LogP contribution in [0.1, 0.15) is 34.1 Å². The average Bonchev–Trinajstić information content (AvgIpc) is 3.11. The van der Waals surface area contributed by atoms with Gasteiger partial charge in [-0.3, -0.25) is 4.79 Å². The van der Waals surface area contributed by atoms with Crippen molar-refractivity contribution in [1.29, 1.82) is 0 Å². The van der Waals surface area contributed by atoms with Gasteiger partial charge in [-0.25, -0.2) is 4.98 Å². The van der Waals surface area contributed by atoms with E-state index in [2.05, 4.69) is 4.98 Å². The topological polar surface area (TPSA) is 33.2 Å². The lowest BCUT2D eigenvalue weighted by Crippen LogP contribution is -2.38. The van der Waals surface area contributed by atoms with Crippen molar-refractivity contribution in [3.63, 3.8) is 0 Å². The Balaban J connectivity index is 1.73. The molecule has 0 saturated carbocycles. The largest absolute Gasteiger partial charge is 0.338 e. The Bertz CT molecular complexity index is 507. The molecule has 1 amide bonds. The molecule has 1 aliphatic rings. The summed E-state index contributed by atoms with van der Waals surface area (Å²) in [7, 11) is 0. The van der Waals surface area contributed by atoms with Crippen molar-refractivity contribution in [3.8, 4) is 0 Å². The zero-order valence-corrected chi connectivity index (χ0v) is 11.5. The van der Waals surface area contributed by atoms with Gasteiger partial charge in [0.15, 0.2) is 0 Å². The number of carbonyl (C=O) groups excluding carboxylic acids is 1. The van der Waals surface area contributed by atoms with Gasteiger partial charge in [-0.1, -0.05) is 0 Å². The van der Waals surface area contributed by atoms with Crippen molar-refractivity contribution in [2.75, 3.05) is 13.1 Å². The third-order valence-electron chi connectivity index (χ3n) is 3.28. The minimum absolute atomic E-state index is 0.164. The second-order valence-electron chi connectivity index (χ2n) is 4.47. The van der Waals surface area contributed by atoms with Gasteiger partial charge in [0.1, 0.15) is 0 Å². The first-order valence-electron chi connectivity index (χ1n) is 6.05. The van der Waals surface area contributed by atoms with Crippen molar-refractivity contribution in [3.05, 3.63) is 39.0 Å². The van der Waals surface area contributed by atoms with Crippen LogP contribution in [0.25, 0.3) is 0 Å².